The number of amides is 2. The number of likely N-dealkylation sites (tertiary alicyclic amines) is 1. The fraction of sp³-hybridized carbons (Fsp3) is 0.846. The van der Waals surface area contributed by atoms with Gasteiger partial charge in [-0.2, -0.15) is 0 Å². The van der Waals surface area contributed by atoms with Crippen molar-refractivity contribution >= 4 is 12.0 Å². The molecule has 102 valence electrons. The van der Waals surface area contributed by atoms with Gasteiger partial charge in [0, 0.05) is 13.1 Å². The smallest absolute Gasteiger partial charge is 0.325 e. The van der Waals surface area contributed by atoms with Crippen molar-refractivity contribution in [2.75, 3.05) is 13.1 Å². The van der Waals surface area contributed by atoms with Crippen molar-refractivity contribution in [3.05, 3.63) is 0 Å². The standard InChI is InChI=1S/C13H22N2O3/c1-10(11(16)17)14-12(18)15-8-6-13(7-9-15)4-2-3-5-13/h10H,2-9H2,1H3,(H,14,18)(H,16,17)/t10-/m1/s1. The molecule has 1 heterocycles. The van der Waals surface area contributed by atoms with E-state index in [9.17, 15) is 9.59 Å². The quantitative estimate of drug-likeness (QED) is 0.789. The fourth-order valence-electron chi connectivity index (χ4n) is 3.15. The lowest BCUT2D eigenvalue weighted by atomic mass is 9.77. The Morgan fingerprint density at radius 2 is 1.72 bits per heavy atom. The first kappa shape index (κ1) is 13.2. The van der Waals surface area contributed by atoms with Crippen LogP contribution in [0.4, 0.5) is 4.79 Å². The monoisotopic (exact) mass is 254 g/mol. The van der Waals surface area contributed by atoms with E-state index in [0.29, 0.717) is 5.41 Å². The molecule has 1 atom stereocenters. The molecule has 2 rings (SSSR count). The Morgan fingerprint density at radius 1 is 1.17 bits per heavy atom. The lowest BCUT2D eigenvalue weighted by Gasteiger charge is -2.39. The maximum Gasteiger partial charge on any atom is 0.325 e. The molecule has 2 fully saturated rings. The molecule has 0 unspecified atom stereocenters. The third-order valence-corrected chi connectivity index (χ3v) is 4.49. The van der Waals surface area contributed by atoms with Crippen LogP contribution in [0.15, 0.2) is 0 Å². The second-order valence-electron chi connectivity index (χ2n) is 5.70. The maximum atomic E-state index is 11.9. The molecule has 1 aliphatic heterocycles. The summed E-state index contributed by atoms with van der Waals surface area (Å²) < 4.78 is 0. The first-order chi connectivity index (χ1) is 8.52. The van der Waals surface area contributed by atoms with Gasteiger partial charge in [-0.3, -0.25) is 4.79 Å². The molecule has 0 radical (unpaired) electrons. The molecule has 0 aromatic rings. The summed E-state index contributed by atoms with van der Waals surface area (Å²) in [5.74, 6) is -0.993. The van der Waals surface area contributed by atoms with Gasteiger partial charge in [-0.25, -0.2) is 4.79 Å². The predicted octanol–water partition coefficient (Wildman–Crippen LogP) is 1.83. The summed E-state index contributed by atoms with van der Waals surface area (Å²) in [6, 6.07) is -1.06. The average Bonchev–Trinajstić information content (AvgIpc) is 2.78. The molecular formula is C13H22N2O3. The number of rotatable bonds is 2. The number of hydrogen-bond donors (Lipinski definition) is 2. The molecule has 1 spiro atoms. The lowest BCUT2D eigenvalue weighted by molar-refractivity contribution is -0.138. The van der Waals surface area contributed by atoms with E-state index in [2.05, 4.69) is 5.32 Å². The summed E-state index contributed by atoms with van der Waals surface area (Å²) in [7, 11) is 0. The maximum absolute atomic E-state index is 11.9. The molecule has 0 aromatic heterocycles. The number of carboxylic acid groups (broad SMARTS) is 1. The van der Waals surface area contributed by atoms with E-state index in [1.165, 1.54) is 32.6 Å². The van der Waals surface area contributed by atoms with Crippen LogP contribution in [-0.4, -0.2) is 41.1 Å². The molecule has 1 aliphatic carbocycles. The van der Waals surface area contributed by atoms with Gasteiger partial charge in [-0.1, -0.05) is 12.8 Å². The molecule has 18 heavy (non-hydrogen) atoms. The van der Waals surface area contributed by atoms with E-state index in [-0.39, 0.29) is 6.03 Å². The number of carbonyl (C=O) groups excluding carboxylic acids is 1. The summed E-state index contributed by atoms with van der Waals surface area (Å²) in [6.45, 7) is 3.01. The van der Waals surface area contributed by atoms with Crippen molar-refractivity contribution in [3.63, 3.8) is 0 Å². The zero-order valence-corrected chi connectivity index (χ0v) is 10.9. The highest BCUT2D eigenvalue weighted by Gasteiger charge is 2.38. The van der Waals surface area contributed by atoms with Crippen LogP contribution >= 0.6 is 0 Å². The Kier molecular flexibility index (Phi) is 3.78. The third-order valence-electron chi connectivity index (χ3n) is 4.49. The van der Waals surface area contributed by atoms with Gasteiger partial charge in [0.1, 0.15) is 6.04 Å². The number of nitrogens with one attached hydrogen (secondary N) is 1. The number of hydrogen-bond acceptors (Lipinski definition) is 2. The molecule has 2 aliphatic rings. The van der Waals surface area contributed by atoms with Crippen molar-refractivity contribution in [2.24, 2.45) is 5.41 Å². The van der Waals surface area contributed by atoms with Crippen LogP contribution in [-0.2, 0) is 4.79 Å². The van der Waals surface area contributed by atoms with Crippen LogP contribution in [0.3, 0.4) is 0 Å². The Morgan fingerprint density at radius 3 is 2.22 bits per heavy atom. The number of nitrogens with zero attached hydrogens (tertiary/aromatic N) is 1. The second-order valence-corrected chi connectivity index (χ2v) is 5.70. The molecule has 2 amide bonds. The van der Waals surface area contributed by atoms with Gasteiger partial charge in [0.2, 0.25) is 0 Å². The van der Waals surface area contributed by atoms with Crippen molar-refractivity contribution < 1.29 is 14.7 Å². The van der Waals surface area contributed by atoms with Gasteiger partial charge < -0.3 is 15.3 Å². The third kappa shape index (κ3) is 2.76. The summed E-state index contributed by atoms with van der Waals surface area (Å²) in [5.41, 5.74) is 0.481. The van der Waals surface area contributed by atoms with Gasteiger partial charge in [0.25, 0.3) is 0 Å². The van der Waals surface area contributed by atoms with Crippen LogP contribution in [0.5, 0.6) is 0 Å². The topological polar surface area (TPSA) is 69.6 Å². The van der Waals surface area contributed by atoms with Crippen LogP contribution in [0.1, 0.15) is 45.4 Å². The zero-order valence-electron chi connectivity index (χ0n) is 10.9. The van der Waals surface area contributed by atoms with Crippen molar-refractivity contribution in [2.45, 2.75) is 51.5 Å². The van der Waals surface area contributed by atoms with E-state index in [0.717, 1.165) is 25.9 Å². The number of aliphatic carboxylic acids is 1. The van der Waals surface area contributed by atoms with Gasteiger partial charge >= 0.3 is 12.0 Å². The van der Waals surface area contributed by atoms with E-state index < -0.39 is 12.0 Å². The molecule has 0 bridgehead atoms. The Balaban J connectivity index is 1.82. The highest BCUT2D eigenvalue weighted by Crippen LogP contribution is 2.46. The highest BCUT2D eigenvalue weighted by molar-refractivity contribution is 5.82. The van der Waals surface area contributed by atoms with Crippen LogP contribution in [0, 0.1) is 5.41 Å². The molecule has 1 saturated heterocycles. The molecule has 5 nitrogen and oxygen atoms in total. The molecule has 5 heteroatoms. The minimum atomic E-state index is -0.993. The van der Waals surface area contributed by atoms with E-state index in [4.69, 9.17) is 5.11 Å². The largest absolute Gasteiger partial charge is 0.480 e. The normalized spacial score (nSPS) is 23.9. The number of carbonyl (C=O) groups is 2. The highest BCUT2D eigenvalue weighted by atomic mass is 16.4. The Hall–Kier alpha value is -1.26. The minimum Gasteiger partial charge on any atom is -0.480 e. The van der Waals surface area contributed by atoms with Crippen molar-refractivity contribution in [1.29, 1.82) is 0 Å². The van der Waals surface area contributed by atoms with Gasteiger partial charge in [0.05, 0.1) is 0 Å². The summed E-state index contributed by atoms with van der Waals surface area (Å²) in [4.78, 5) is 24.3. The zero-order chi connectivity index (χ0) is 13.2. The molecular weight excluding hydrogens is 232 g/mol. The number of urea groups is 1. The minimum absolute atomic E-state index is 0.238. The summed E-state index contributed by atoms with van der Waals surface area (Å²) in [5, 5.41) is 11.3. The van der Waals surface area contributed by atoms with E-state index in [1.54, 1.807) is 4.90 Å². The Labute approximate surface area is 108 Å². The van der Waals surface area contributed by atoms with Gasteiger partial charge in [-0.15, -0.1) is 0 Å². The van der Waals surface area contributed by atoms with E-state index in [1.807, 2.05) is 0 Å². The van der Waals surface area contributed by atoms with E-state index >= 15 is 0 Å². The molecule has 1 saturated carbocycles. The second kappa shape index (κ2) is 5.16. The van der Waals surface area contributed by atoms with Gasteiger partial charge in [-0.05, 0) is 38.0 Å². The van der Waals surface area contributed by atoms with Crippen molar-refractivity contribution in [3.8, 4) is 0 Å². The SMILES string of the molecule is C[C@@H](NC(=O)N1CCC2(CCCC2)CC1)C(=O)O. The number of carboxylic acids is 1. The summed E-state index contributed by atoms with van der Waals surface area (Å²) >= 11 is 0. The van der Waals surface area contributed by atoms with Crippen LogP contribution in [0.25, 0.3) is 0 Å². The predicted molar refractivity (Wildman–Crippen MR) is 67.3 cm³/mol. The first-order valence-corrected chi connectivity index (χ1v) is 6.81. The van der Waals surface area contributed by atoms with Crippen LogP contribution < -0.4 is 5.32 Å². The first-order valence-electron chi connectivity index (χ1n) is 6.81. The lowest BCUT2D eigenvalue weighted by Crippen LogP contribution is -2.50. The molecule has 2 N–H and O–H groups in total. The Bertz CT molecular complexity index is 327. The van der Waals surface area contributed by atoms with Crippen molar-refractivity contribution in [1.82, 2.24) is 10.2 Å². The van der Waals surface area contributed by atoms with Crippen LogP contribution in [0.2, 0.25) is 0 Å². The summed E-state index contributed by atoms with van der Waals surface area (Å²) in [6.07, 6.45) is 7.39. The average molecular weight is 254 g/mol. The molecule has 0 aromatic carbocycles. The number of piperidine rings is 1. The van der Waals surface area contributed by atoms with Gasteiger partial charge in [0.15, 0.2) is 0 Å². The fourth-order valence-corrected chi connectivity index (χ4v) is 3.15.